The fourth-order valence-corrected chi connectivity index (χ4v) is 4.51. The van der Waals surface area contributed by atoms with Gasteiger partial charge in [0.15, 0.2) is 6.10 Å². The molecular formula is C19H33N2O10P. The molecule has 1 fully saturated rings. The summed E-state index contributed by atoms with van der Waals surface area (Å²) in [7, 11) is -3.07. The lowest BCUT2D eigenvalue weighted by Gasteiger charge is -2.40. The van der Waals surface area contributed by atoms with E-state index in [0.717, 1.165) is 4.90 Å². The number of nitrogens with one attached hydrogen (secondary N) is 1. The van der Waals surface area contributed by atoms with Gasteiger partial charge in [0.25, 0.3) is 0 Å². The molecule has 1 unspecified atom stereocenters. The number of hydrogen-bond donors (Lipinski definition) is 2. The number of carbonyl (C=O) groups excluding carboxylic acids is 3. The van der Waals surface area contributed by atoms with E-state index in [2.05, 4.69) is 10.1 Å². The summed E-state index contributed by atoms with van der Waals surface area (Å²) in [4.78, 5) is 48.4. The van der Waals surface area contributed by atoms with Crippen LogP contribution in [0.25, 0.3) is 0 Å². The SMILES string of the molecule is COC(=O)CCNC(=O)[C@@H]1OP(=O)(OCN(C(C)=O)[C@@H](CC(C)C)C(=O)O)OCC1(C)C. The van der Waals surface area contributed by atoms with Crippen molar-refractivity contribution < 1.29 is 47.2 Å². The minimum absolute atomic E-state index is 0.0128. The Bertz CT molecular complexity index is 754. The standard InChI is InChI=1S/C19H33N2O10P/c1-12(2)9-14(18(25)26)21(13(3)22)11-30-32(27)29-10-19(4,5)16(31-32)17(24)20-8-7-15(23)28-6/h12,14,16H,7-11H2,1-6H3,(H,20,24)(H,25,26)/t14-,16-,32?/m0/s1. The smallest absolute Gasteiger partial charge is 0.477 e. The highest BCUT2D eigenvalue weighted by Crippen LogP contribution is 2.57. The zero-order valence-corrected chi connectivity index (χ0v) is 20.2. The van der Waals surface area contributed by atoms with Crippen LogP contribution >= 0.6 is 7.82 Å². The molecule has 2 N–H and O–H groups in total. The van der Waals surface area contributed by atoms with Gasteiger partial charge in [0, 0.05) is 18.9 Å². The molecule has 1 aliphatic heterocycles. The first kappa shape index (κ1) is 28.0. The van der Waals surface area contributed by atoms with Gasteiger partial charge < -0.3 is 20.1 Å². The molecule has 0 spiro atoms. The normalized spacial score (nSPS) is 23.3. The van der Waals surface area contributed by atoms with Gasteiger partial charge in [-0.05, 0) is 12.3 Å². The van der Waals surface area contributed by atoms with Gasteiger partial charge in [-0.25, -0.2) is 9.36 Å². The van der Waals surface area contributed by atoms with Crippen LogP contribution in [0.2, 0.25) is 0 Å². The van der Waals surface area contributed by atoms with Gasteiger partial charge in [-0.3, -0.25) is 28.0 Å². The maximum absolute atomic E-state index is 13.0. The molecule has 32 heavy (non-hydrogen) atoms. The Morgan fingerprint density at radius 1 is 1.28 bits per heavy atom. The molecule has 1 aliphatic rings. The van der Waals surface area contributed by atoms with Gasteiger partial charge in [0.2, 0.25) is 11.8 Å². The van der Waals surface area contributed by atoms with Gasteiger partial charge >= 0.3 is 19.8 Å². The van der Waals surface area contributed by atoms with E-state index in [4.69, 9.17) is 13.6 Å². The number of methoxy groups -OCH3 is 1. The number of nitrogens with zero attached hydrogens (tertiary/aromatic N) is 1. The Labute approximate surface area is 187 Å². The van der Waals surface area contributed by atoms with E-state index in [9.17, 15) is 28.8 Å². The fourth-order valence-electron chi connectivity index (χ4n) is 2.92. The zero-order chi connectivity index (χ0) is 24.7. The molecule has 1 heterocycles. The van der Waals surface area contributed by atoms with Crippen LogP contribution in [0.1, 0.15) is 47.5 Å². The molecule has 0 aliphatic carbocycles. The number of rotatable bonds is 11. The highest BCUT2D eigenvalue weighted by atomic mass is 31.2. The summed E-state index contributed by atoms with van der Waals surface area (Å²) in [6, 6.07) is -1.20. The highest BCUT2D eigenvalue weighted by Gasteiger charge is 2.49. The molecule has 1 rings (SSSR count). The Morgan fingerprint density at radius 2 is 1.91 bits per heavy atom. The van der Waals surface area contributed by atoms with Gasteiger partial charge in [-0.1, -0.05) is 27.7 Å². The van der Waals surface area contributed by atoms with Crippen LogP contribution in [0.15, 0.2) is 0 Å². The third-order valence-corrected chi connectivity index (χ3v) is 6.09. The number of carbonyl (C=O) groups is 4. The van der Waals surface area contributed by atoms with Gasteiger partial charge in [0.1, 0.15) is 12.8 Å². The number of hydrogen-bond acceptors (Lipinski definition) is 9. The molecule has 0 aromatic rings. The summed E-state index contributed by atoms with van der Waals surface area (Å²) in [5.41, 5.74) is -0.881. The summed E-state index contributed by atoms with van der Waals surface area (Å²) < 4.78 is 33.4. The lowest BCUT2D eigenvalue weighted by Crippen LogP contribution is -2.50. The number of phosphoric ester groups is 1. The molecular weight excluding hydrogens is 447 g/mol. The Kier molecular flexibility index (Phi) is 10.3. The van der Waals surface area contributed by atoms with Crippen molar-refractivity contribution in [3.63, 3.8) is 0 Å². The maximum atomic E-state index is 13.0. The van der Waals surface area contributed by atoms with Crippen LogP contribution in [-0.4, -0.2) is 72.9 Å². The predicted molar refractivity (Wildman–Crippen MR) is 111 cm³/mol. The van der Waals surface area contributed by atoms with Crippen molar-refractivity contribution in [1.82, 2.24) is 10.2 Å². The van der Waals surface area contributed by atoms with Crippen LogP contribution < -0.4 is 5.32 Å². The van der Waals surface area contributed by atoms with E-state index >= 15 is 0 Å². The summed E-state index contributed by atoms with van der Waals surface area (Å²) >= 11 is 0. The molecule has 0 aromatic carbocycles. The molecule has 0 radical (unpaired) electrons. The van der Waals surface area contributed by atoms with Crippen LogP contribution in [0.5, 0.6) is 0 Å². The molecule has 12 nitrogen and oxygen atoms in total. The van der Waals surface area contributed by atoms with Gasteiger partial charge in [0.05, 0.1) is 20.1 Å². The third kappa shape index (κ3) is 8.16. The number of aliphatic carboxylic acids is 1. The number of carboxylic acids is 1. The Morgan fingerprint density at radius 3 is 2.41 bits per heavy atom. The first-order valence-electron chi connectivity index (χ1n) is 10.1. The Balaban J connectivity index is 2.89. The number of esters is 1. The van der Waals surface area contributed by atoms with Crippen molar-refractivity contribution in [3.05, 3.63) is 0 Å². The van der Waals surface area contributed by atoms with E-state index in [1.54, 1.807) is 27.7 Å². The van der Waals surface area contributed by atoms with Crippen molar-refractivity contribution in [3.8, 4) is 0 Å². The minimum Gasteiger partial charge on any atom is -0.480 e. The second kappa shape index (κ2) is 11.7. The van der Waals surface area contributed by atoms with E-state index in [1.807, 2.05) is 0 Å². The largest absolute Gasteiger partial charge is 0.480 e. The molecule has 0 saturated carbocycles. The molecule has 13 heteroatoms. The molecule has 0 aromatic heterocycles. The fraction of sp³-hybridized carbons (Fsp3) is 0.789. The molecule has 3 atom stereocenters. The third-order valence-electron chi connectivity index (χ3n) is 4.75. The molecule has 0 bridgehead atoms. The van der Waals surface area contributed by atoms with Crippen molar-refractivity contribution in [2.45, 2.75) is 59.6 Å². The average Bonchev–Trinajstić information content (AvgIpc) is 2.68. The van der Waals surface area contributed by atoms with Crippen molar-refractivity contribution in [2.24, 2.45) is 11.3 Å². The molecule has 2 amide bonds. The zero-order valence-electron chi connectivity index (χ0n) is 19.3. The molecule has 1 saturated heterocycles. The Hall–Kier alpha value is -2.01. The summed E-state index contributed by atoms with van der Waals surface area (Å²) in [6.07, 6.45) is -1.14. The first-order chi connectivity index (χ1) is 14.7. The quantitative estimate of drug-likeness (QED) is 0.252. The maximum Gasteiger partial charge on any atom is 0.477 e. The minimum atomic E-state index is -4.30. The monoisotopic (exact) mass is 480 g/mol. The van der Waals surface area contributed by atoms with E-state index in [1.165, 1.54) is 14.0 Å². The lowest BCUT2D eigenvalue weighted by molar-refractivity contribution is -0.155. The lowest BCUT2D eigenvalue weighted by atomic mass is 9.87. The van der Waals surface area contributed by atoms with Crippen LogP contribution in [0, 0.1) is 11.3 Å². The summed E-state index contributed by atoms with van der Waals surface area (Å²) in [5.74, 6) is -3.00. The van der Waals surface area contributed by atoms with E-state index in [0.29, 0.717) is 0 Å². The predicted octanol–water partition coefficient (Wildman–Crippen LogP) is 1.54. The van der Waals surface area contributed by atoms with Gasteiger partial charge in [-0.15, -0.1) is 0 Å². The second-order valence-corrected chi connectivity index (χ2v) is 10.2. The van der Waals surface area contributed by atoms with Crippen LogP contribution in [-0.2, 0) is 42.1 Å². The van der Waals surface area contributed by atoms with E-state index < -0.39 is 55.9 Å². The number of ether oxygens (including phenoxy) is 1. The van der Waals surface area contributed by atoms with Crippen molar-refractivity contribution in [2.75, 3.05) is 27.0 Å². The van der Waals surface area contributed by atoms with Gasteiger partial charge in [-0.2, -0.15) is 0 Å². The number of amides is 2. The van der Waals surface area contributed by atoms with Crippen LogP contribution in [0.3, 0.4) is 0 Å². The highest BCUT2D eigenvalue weighted by molar-refractivity contribution is 7.48. The topological polar surface area (TPSA) is 158 Å². The number of carboxylic acid groups (broad SMARTS) is 1. The summed E-state index contributed by atoms with van der Waals surface area (Å²) in [6.45, 7) is 7.26. The average molecular weight is 480 g/mol. The summed E-state index contributed by atoms with van der Waals surface area (Å²) in [5, 5.41) is 12.0. The first-order valence-corrected chi connectivity index (χ1v) is 11.6. The van der Waals surface area contributed by atoms with Crippen LogP contribution in [0.4, 0.5) is 0 Å². The van der Waals surface area contributed by atoms with Crippen molar-refractivity contribution in [1.29, 1.82) is 0 Å². The molecule has 184 valence electrons. The number of phosphoric acid groups is 1. The van der Waals surface area contributed by atoms with Crippen molar-refractivity contribution >= 4 is 31.6 Å². The van der Waals surface area contributed by atoms with E-state index in [-0.39, 0.29) is 31.9 Å². The second-order valence-electron chi connectivity index (χ2n) is 8.54.